The van der Waals surface area contributed by atoms with Crippen molar-refractivity contribution in [2.24, 2.45) is 16.7 Å². The van der Waals surface area contributed by atoms with Crippen LogP contribution in [0.4, 0.5) is 0 Å². The summed E-state index contributed by atoms with van der Waals surface area (Å²) >= 11 is 0. The van der Waals surface area contributed by atoms with Crippen molar-refractivity contribution in [3.8, 4) is 0 Å². The Morgan fingerprint density at radius 2 is 2.00 bits per heavy atom. The molecule has 1 nitrogen and oxygen atoms in total. The third-order valence-electron chi connectivity index (χ3n) is 6.36. The Labute approximate surface area is 130 Å². The van der Waals surface area contributed by atoms with Crippen LogP contribution in [-0.2, 0) is 4.79 Å². The van der Waals surface area contributed by atoms with Gasteiger partial charge in [-0.05, 0) is 75.2 Å². The highest BCUT2D eigenvalue weighted by Crippen LogP contribution is 2.60. The minimum Gasteiger partial charge on any atom is -0.299 e. The molecule has 2 aliphatic rings. The van der Waals surface area contributed by atoms with Gasteiger partial charge in [-0.15, -0.1) is 0 Å². The maximum atomic E-state index is 10.6. The Hall–Kier alpha value is -0.850. The molecule has 1 saturated carbocycles. The lowest BCUT2D eigenvalue weighted by molar-refractivity contribution is -0.104. The molecular weight excluding hydrogens is 256 g/mol. The largest absolute Gasteiger partial charge is 0.299 e. The Balaban J connectivity index is 2.25. The minimum atomic E-state index is 0.394. The van der Waals surface area contributed by atoms with Crippen LogP contribution in [0.5, 0.6) is 0 Å². The van der Waals surface area contributed by atoms with E-state index in [1.807, 2.05) is 0 Å². The van der Waals surface area contributed by atoms with Crippen LogP contribution in [0.1, 0.15) is 79.6 Å². The summed E-state index contributed by atoms with van der Waals surface area (Å²) in [6, 6.07) is 0. The fourth-order valence-electron chi connectivity index (χ4n) is 5.21. The van der Waals surface area contributed by atoms with Crippen LogP contribution in [0, 0.1) is 16.7 Å². The molecule has 0 aromatic carbocycles. The Morgan fingerprint density at radius 1 is 1.29 bits per heavy atom. The second kappa shape index (κ2) is 6.10. The van der Waals surface area contributed by atoms with Gasteiger partial charge in [0.15, 0.2) is 0 Å². The maximum Gasteiger partial charge on any atom is 0.142 e. The summed E-state index contributed by atoms with van der Waals surface area (Å²) in [7, 11) is 0. The van der Waals surface area contributed by atoms with Crippen LogP contribution in [-0.4, -0.2) is 6.29 Å². The van der Waals surface area contributed by atoms with E-state index in [1.165, 1.54) is 37.7 Å². The smallest absolute Gasteiger partial charge is 0.142 e. The lowest BCUT2D eigenvalue weighted by Crippen LogP contribution is -2.45. The molecule has 2 rings (SSSR count). The van der Waals surface area contributed by atoms with Gasteiger partial charge in [0.05, 0.1) is 0 Å². The Morgan fingerprint density at radius 3 is 2.67 bits per heavy atom. The van der Waals surface area contributed by atoms with Crippen molar-refractivity contribution in [1.29, 1.82) is 0 Å². The fourth-order valence-corrected chi connectivity index (χ4v) is 5.21. The van der Waals surface area contributed by atoms with Crippen LogP contribution >= 0.6 is 0 Å². The normalized spacial score (nSPS) is 32.8. The van der Waals surface area contributed by atoms with Gasteiger partial charge in [0.1, 0.15) is 6.29 Å². The Kier molecular flexibility index (Phi) is 4.80. The standard InChI is InChI=1S/C20H32O/c1-15(11-14-21)7-9-17-16(2)8-10-18-19(3,4)12-6-13-20(17,18)5/h11,14,18H,6-10,12-13H2,1-5H3/b15-11+/t18-,20+/m0/s1. The quantitative estimate of drug-likeness (QED) is 0.360. The third kappa shape index (κ3) is 3.17. The van der Waals surface area contributed by atoms with Crippen LogP contribution in [0.2, 0.25) is 0 Å². The van der Waals surface area contributed by atoms with Crippen molar-refractivity contribution in [2.75, 3.05) is 0 Å². The van der Waals surface area contributed by atoms with E-state index in [0.717, 1.165) is 25.0 Å². The van der Waals surface area contributed by atoms with Crippen molar-refractivity contribution >= 4 is 6.29 Å². The van der Waals surface area contributed by atoms with Gasteiger partial charge in [-0.2, -0.15) is 0 Å². The number of carbonyl (C=O) groups excluding carboxylic acids is 1. The van der Waals surface area contributed by atoms with Crippen molar-refractivity contribution in [1.82, 2.24) is 0 Å². The van der Waals surface area contributed by atoms with Crippen LogP contribution in [0.25, 0.3) is 0 Å². The van der Waals surface area contributed by atoms with E-state index in [-0.39, 0.29) is 0 Å². The van der Waals surface area contributed by atoms with Crippen LogP contribution in [0.15, 0.2) is 22.8 Å². The first-order chi connectivity index (χ1) is 9.81. The highest BCUT2D eigenvalue weighted by Gasteiger charge is 2.49. The highest BCUT2D eigenvalue weighted by atomic mass is 16.1. The number of aldehydes is 1. The van der Waals surface area contributed by atoms with Gasteiger partial charge in [0.25, 0.3) is 0 Å². The molecular formula is C20H32O. The molecule has 0 heterocycles. The molecule has 0 spiro atoms. The van der Waals surface area contributed by atoms with Gasteiger partial charge in [-0.1, -0.05) is 43.9 Å². The first kappa shape index (κ1) is 16.5. The minimum absolute atomic E-state index is 0.394. The van der Waals surface area contributed by atoms with E-state index in [0.29, 0.717) is 10.8 Å². The van der Waals surface area contributed by atoms with Crippen molar-refractivity contribution in [3.05, 3.63) is 22.8 Å². The van der Waals surface area contributed by atoms with E-state index in [4.69, 9.17) is 0 Å². The van der Waals surface area contributed by atoms with Gasteiger partial charge in [0, 0.05) is 0 Å². The lowest BCUT2D eigenvalue weighted by atomic mass is 9.50. The molecule has 21 heavy (non-hydrogen) atoms. The molecule has 0 saturated heterocycles. The van der Waals surface area contributed by atoms with E-state index in [1.54, 1.807) is 17.2 Å². The number of rotatable bonds is 4. The number of allylic oxidation sites excluding steroid dienone is 4. The maximum absolute atomic E-state index is 10.6. The summed E-state index contributed by atoms with van der Waals surface area (Å²) in [4.78, 5) is 10.6. The molecule has 0 amide bonds. The summed E-state index contributed by atoms with van der Waals surface area (Å²) in [5.41, 5.74) is 5.43. The van der Waals surface area contributed by atoms with E-state index in [9.17, 15) is 4.79 Å². The zero-order chi connectivity index (χ0) is 15.7. The predicted molar refractivity (Wildman–Crippen MR) is 90.2 cm³/mol. The Bertz CT molecular complexity index is 466. The van der Waals surface area contributed by atoms with Crippen LogP contribution in [0.3, 0.4) is 0 Å². The summed E-state index contributed by atoms with van der Waals surface area (Å²) in [5, 5.41) is 0. The predicted octanol–water partition coefficient (Wildman–Crippen LogP) is 5.85. The molecule has 0 N–H and O–H groups in total. The molecule has 2 aliphatic carbocycles. The molecule has 1 fully saturated rings. The second-order valence-electron chi connectivity index (χ2n) is 8.26. The summed E-state index contributed by atoms with van der Waals surface area (Å²) in [6.07, 6.45) is 11.6. The fraction of sp³-hybridized carbons (Fsp3) is 0.750. The number of carbonyl (C=O) groups is 1. The van der Waals surface area contributed by atoms with Crippen molar-refractivity contribution in [2.45, 2.75) is 79.6 Å². The van der Waals surface area contributed by atoms with E-state index < -0.39 is 0 Å². The summed E-state index contributed by atoms with van der Waals surface area (Å²) in [5.74, 6) is 0.827. The molecule has 0 bridgehead atoms. The molecule has 0 unspecified atom stereocenters. The first-order valence-electron chi connectivity index (χ1n) is 8.61. The SMILES string of the molecule is CC1=C(CC/C(C)=C/C=O)[C@@]2(C)CCCC(C)(C)[C@@H]2CC1. The monoisotopic (exact) mass is 288 g/mol. The van der Waals surface area contributed by atoms with Gasteiger partial charge in [-0.3, -0.25) is 4.79 Å². The lowest BCUT2D eigenvalue weighted by Gasteiger charge is -2.55. The molecule has 2 atom stereocenters. The summed E-state index contributed by atoms with van der Waals surface area (Å²) < 4.78 is 0. The summed E-state index contributed by atoms with van der Waals surface area (Å²) in [6.45, 7) is 11.9. The van der Waals surface area contributed by atoms with E-state index >= 15 is 0 Å². The highest BCUT2D eigenvalue weighted by molar-refractivity contribution is 5.65. The molecule has 0 aromatic heterocycles. The number of hydrogen-bond acceptors (Lipinski definition) is 1. The molecule has 1 heteroatoms. The van der Waals surface area contributed by atoms with Gasteiger partial charge >= 0.3 is 0 Å². The zero-order valence-electron chi connectivity index (χ0n) is 14.6. The number of hydrogen-bond donors (Lipinski definition) is 0. The van der Waals surface area contributed by atoms with Gasteiger partial charge < -0.3 is 0 Å². The second-order valence-corrected chi connectivity index (χ2v) is 8.26. The van der Waals surface area contributed by atoms with Crippen LogP contribution < -0.4 is 0 Å². The third-order valence-corrected chi connectivity index (χ3v) is 6.36. The van der Waals surface area contributed by atoms with E-state index in [2.05, 4.69) is 34.6 Å². The first-order valence-corrected chi connectivity index (χ1v) is 8.61. The number of fused-ring (bicyclic) bond motifs is 1. The average Bonchev–Trinajstić information content (AvgIpc) is 2.37. The molecule has 0 radical (unpaired) electrons. The van der Waals surface area contributed by atoms with Gasteiger partial charge in [-0.25, -0.2) is 0 Å². The zero-order valence-corrected chi connectivity index (χ0v) is 14.6. The van der Waals surface area contributed by atoms with Crippen molar-refractivity contribution < 1.29 is 4.79 Å². The van der Waals surface area contributed by atoms with Gasteiger partial charge in [0.2, 0.25) is 0 Å². The molecule has 0 aliphatic heterocycles. The van der Waals surface area contributed by atoms with Crippen molar-refractivity contribution in [3.63, 3.8) is 0 Å². The molecule has 0 aromatic rings. The average molecular weight is 288 g/mol. The topological polar surface area (TPSA) is 17.1 Å². The molecule has 118 valence electrons.